The van der Waals surface area contributed by atoms with Gasteiger partial charge in [0.2, 0.25) is 0 Å². The Morgan fingerprint density at radius 2 is 2.14 bits per heavy atom. The summed E-state index contributed by atoms with van der Waals surface area (Å²) in [6.45, 7) is 4.48. The van der Waals surface area contributed by atoms with E-state index in [0.29, 0.717) is 12.1 Å². The fraction of sp³-hybridized carbons (Fsp3) is 1.00. The summed E-state index contributed by atoms with van der Waals surface area (Å²) in [5, 5.41) is 3.48. The first-order chi connectivity index (χ1) is 6.84. The molecule has 1 saturated heterocycles. The summed E-state index contributed by atoms with van der Waals surface area (Å²) in [5.41, 5.74) is 0. The third-order valence-corrected chi connectivity index (χ3v) is 3.58. The van der Waals surface area contributed by atoms with Gasteiger partial charge >= 0.3 is 0 Å². The van der Waals surface area contributed by atoms with Gasteiger partial charge in [-0.05, 0) is 38.1 Å². The first-order valence-corrected chi connectivity index (χ1v) is 6.19. The van der Waals surface area contributed by atoms with Crippen molar-refractivity contribution in [3.8, 4) is 0 Å². The third-order valence-electron chi connectivity index (χ3n) is 3.58. The molecule has 0 radical (unpaired) electrons. The van der Waals surface area contributed by atoms with Gasteiger partial charge in [-0.1, -0.05) is 19.8 Å². The van der Waals surface area contributed by atoms with Gasteiger partial charge in [0, 0.05) is 6.04 Å². The molecule has 0 aromatic heterocycles. The van der Waals surface area contributed by atoms with Crippen molar-refractivity contribution in [1.82, 2.24) is 5.32 Å². The van der Waals surface area contributed by atoms with Crippen LogP contribution >= 0.6 is 0 Å². The van der Waals surface area contributed by atoms with Crippen molar-refractivity contribution in [1.29, 1.82) is 0 Å². The molecule has 2 heteroatoms. The van der Waals surface area contributed by atoms with Crippen molar-refractivity contribution >= 4 is 0 Å². The van der Waals surface area contributed by atoms with Crippen LogP contribution in [-0.4, -0.2) is 25.3 Å². The van der Waals surface area contributed by atoms with E-state index in [4.69, 9.17) is 4.74 Å². The fourth-order valence-corrected chi connectivity index (χ4v) is 2.68. The third kappa shape index (κ3) is 2.96. The van der Waals surface area contributed by atoms with E-state index < -0.39 is 0 Å². The Balaban J connectivity index is 1.64. The highest BCUT2D eigenvalue weighted by molar-refractivity contribution is 4.76. The smallest absolute Gasteiger partial charge is 0.0623 e. The van der Waals surface area contributed by atoms with Gasteiger partial charge in [0.05, 0.1) is 12.7 Å². The topological polar surface area (TPSA) is 21.3 Å². The predicted octanol–water partition coefficient (Wildman–Crippen LogP) is 2.33. The van der Waals surface area contributed by atoms with Gasteiger partial charge in [-0.2, -0.15) is 0 Å². The monoisotopic (exact) mass is 197 g/mol. The van der Waals surface area contributed by atoms with Crippen LogP contribution in [0.5, 0.6) is 0 Å². The molecule has 0 spiro atoms. The van der Waals surface area contributed by atoms with Gasteiger partial charge in [-0.25, -0.2) is 0 Å². The number of rotatable bonds is 3. The van der Waals surface area contributed by atoms with Gasteiger partial charge in [-0.3, -0.25) is 0 Å². The fourth-order valence-electron chi connectivity index (χ4n) is 2.68. The summed E-state index contributed by atoms with van der Waals surface area (Å²) < 4.78 is 5.97. The first kappa shape index (κ1) is 10.4. The molecular formula is C12H23NO. The first-order valence-electron chi connectivity index (χ1n) is 6.19. The minimum absolute atomic E-state index is 0.557. The van der Waals surface area contributed by atoms with E-state index in [-0.39, 0.29) is 0 Å². The van der Waals surface area contributed by atoms with Crippen LogP contribution in [0.4, 0.5) is 0 Å². The largest absolute Gasteiger partial charge is 0.377 e. The molecule has 3 unspecified atom stereocenters. The Morgan fingerprint density at radius 3 is 2.86 bits per heavy atom. The second kappa shape index (κ2) is 5.13. The molecule has 82 valence electrons. The number of hydrogen-bond acceptors (Lipinski definition) is 2. The van der Waals surface area contributed by atoms with Crippen molar-refractivity contribution in [2.24, 2.45) is 5.92 Å². The SMILES string of the molecule is CC1CCCC(OCC2CCCN2)C1. The lowest BCUT2D eigenvalue weighted by atomic mass is 9.89. The molecule has 1 heterocycles. The van der Waals surface area contributed by atoms with Crippen molar-refractivity contribution in [2.75, 3.05) is 13.2 Å². The zero-order valence-corrected chi connectivity index (χ0v) is 9.30. The van der Waals surface area contributed by atoms with Crippen molar-refractivity contribution in [3.05, 3.63) is 0 Å². The second-order valence-corrected chi connectivity index (χ2v) is 5.02. The van der Waals surface area contributed by atoms with Crippen molar-refractivity contribution in [2.45, 2.75) is 57.6 Å². The zero-order chi connectivity index (χ0) is 9.80. The minimum atomic E-state index is 0.557. The lowest BCUT2D eigenvalue weighted by molar-refractivity contribution is 0.00656. The summed E-state index contributed by atoms with van der Waals surface area (Å²) in [5.74, 6) is 0.880. The van der Waals surface area contributed by atoms with Crippen LogP contribution in [0.2, 0.25) is 0 Å². The van der Waals surface area contributed by atoms with Gasteiger partial charge in [0.25, 0.3) is 0 Å². The molecule has 14 heavy (non-hydrogen) atoms. The molecule has 0 bridgehead atoms. The Morgan fingerprint density at radius 1 is 1.21 bits per heavy atom. The average molecular weight is 197 g/mol. The normalized spacial score (nSPS) is 38.8. The van der Waals surface area contributed by atoms with Crippen LogP contribution in [0.25, 0.3) is 0 Å². The molecule has 1 aliphatic carbocycles. The van der Waals surface area contributed by atoms with Crippen LogP contribution in [0.15, 0.2) is 0 Å². The van der Waals surface area contributed by atoms with Gasteiger partial charge in [0.1, 0.15) is 0 Å². The Labute approximate surface area is 87.4 Å². The molecular weight excluding hydrogens is 174 g/mol. The van der Waals surface area contributed by atoms with Crippen LogP contribution < -0.4 is 5.32 Å². The van der Waals surface area contributed by atoms with E-state index in [2.05, 4.69) is 12.2 Å². The van der Waals surface area contributed by atoms with E-state index in [9.17, 15) is 0 Å². The predicted molar refractivity (Wildman–Crippen MR) is 58.4 cm³/mol. The Hall–Kier alpha value is -0.0800. The molecule has 2 aliphatic rings. The van der Waals surface area contributed by atoms with E-state index in [0.717, 1.165) is 12.5 Å². The van der Waals surface area contributed by atoms with Gasteiger partial charge in [0.15, 0.2) is 0 Å². The lowest BCUT2D eigenvalue weighted by Crippen LogP contribution is -2.31. The highest BCUT2D eigenvalue weighted by atomic mass is 16.5. The quantitative estimate of drug-likeness (QED) is 0.750. The maximum Gasteiger partial charge on any atom is 0.0623 e. The molecule has 0 aromatic carbocycles. The molecule has 1 N–H and O–H groups in total. The standard InChI is InChI=1S/C12H23NO/c1-10-4-2-6-12(8-10)14-9-11-5-3-7-13-11/h10-13H,2-9H2,1H3. The molecule has 2 rings (SSSR count). The molecule has 2 nitrogen and oxygen atoms in total. The van der Waals surface area contributed by atoms with E-state index in [1.54, 1.807) is 0 Å². The van der Waals surface area contributed by atoms with E-state index in [1.165, 1.54) is 45.1 Å². The van der Waals surface area contributed by atoms with Crippen LogP contribution in [0.1, 0.15) is 45.4 Å². The second-order valence-electron chi connectivity index (χ2n) is 5.02. The molecule has 1 aliphatic heterocycles. The maximum absolute atomic E-state index is 5.97. The average Bonchev–Trinajstić information content (AvgIpc) is 2.67. The summed E-state index contributed by atoms with van der Waals surface area (Å²) >= 11 is 0. The van der Waals surface area contributed by atoms with Crippen molar-refractivity contribution in [3.63, 3.8) is 0 Å². The molecule has 1 saturated carbocycles. The highest BCUT2D eigenvalue weighted by Gasteiger charge is 2.21. The summed E-state index contributed by atoms with van der Waals surface area (Å²) in [7, 11) is 0. The number of hydrogen-bond donors (Lipinski definition) is 1. The summed E-state index contributed by atoms with van der Waals surface area (Å²) in [6.07, 6.45) is 8.54. The number of nitrogens with one attached hydrogen (secondary N) is 1. The van der Waals surface area contributed by atoms with Gasteiger partial charge in [-0.15, -0.1) is 0 Å². The molecule has 0 aromatic rings. The van der Waals surface area contributed by atoms with Crippen molar-refractivity contribution < 1.29 is 4.74 Å². The van der Waals surface area contributed by atoms with Gasteiger partial charge < -0.3 is 10.1 Å². The highest BCUT2D eigenvalue weighted by Crippen LogP contribution is 2.25. The summed E-state index contributed by atoms with van der Waals surface area (Å²) in [4.78, 5) is 0. The molecule has 0 amide bonds. The zero-order valence-electron chi connectivity index (χ0n) is 9.30. The Bertz CT molecular complexity index is 166. The van der Waals surface area contributed by atoms with Crippen LogP contribution in [0.3, 0.4) is 0 Å². The minimum Gasteiger partial charge on any atom is -0.377 e. The van der Waals surface area contributed by atoms with E-state index >= 15 is 0 Å². The van der Waals surface area contributed by atoms with Crippen LogP contribution in [-0.2, 0) is 4.74 Å². The maximum atomic E-state index is 5.97. The van der Waals surface area contributed by atoms with E-state index in [1.807, 2.05) is 0 Å². The molecule has 3 atom stereocenters. The Kier molecular flexibility index (Phi) is 3.82. The summed E-state index contributed by atoms with van der Waals surface area (Å²) in [6, 6.07) is 0.646. The lowest BCUT2D eigenvalue weighted by Gasteiger charge is -2.27. The van der Waals surface area contributed by atoms with Crippen LogP contribution in [0, 0.1) is 5.92 Å². The number of ether oxygens (including phenoxy) is 1. The molecule has 2 fully saturated rings.